The van der Waals surface area contributed by atoms with Gasteiger partial charge in [0.25, 0.3) is 0 Å². The normalized spacial score (nSPS) is 12.3. The maximum absolute atomic E-state index is 12.2. The lowest BCUT2D eigenvalue weighted by Crippen LogP contribution is -2.01. The number of hydrogen-bond acceptors (Lipinski definition) is 3. The van der Waals surface area contributed by atoms with Gasteiger partial charge in [0.05, 0.1) is 21.4 Å². The first-order valence-electron chi connectivity index (χ1n) is 5.58. The standard InChI is InChI=1S/C14H15NO2S/c1-10-5-6-14(13(15)7-10)18(17)9-11-3-2-4-12(16)8-11/h2-8,16H,9,15H2,1H3. The van der Waals surface area contributed by atoms with Crippen molar-refractivity contribution in [3.8, 4) is 5.75 Å². The number of aromatic hydroxyl groups is 1. The molecule has 0 radical (unpaired) electrons. The van der Waals surface area contributed by atoms with Gasteiger partial charge in [-0.3, -0.25) is 4.21 Å². The van der Waals surface area contributed by atoms with Crippen molar-refractivity contribution in [2.24, 2.45) is 0 Å². The van der Waals surface area contributed by atoms with E-state index in [1.54, 1.807) is 24.3 Å². The molecule has 18 heavy (non-hydrogen) atoms. The van der Waals surface area contributed by atoms with Gasteiger partial charge in [-0.25, -0.2) is 0 Å². The van der Waals surface area contributed by atoms with Crippen LogP contribution in [0.3, 0.4) is 0 Å². The van der Waals surface area contributed by atoms with Crippen molar-refractivity contribution in [3.05, 3.63) is 53.6 Å². The number of anilines is 1. The molecule has 1 unspecified atom stereocenters. The second-order valence-corrected chi connectivity index (χ2v) is 5.62. The monoisotopic (exact) mass is 261 g/mol. The minimum atomic E-state index is -1.20. The van der Waals surface area contributed by atoms with Crippen LogP contribution in [0.1, 0.15) is 11.1 Å². The fourth-order valence-electron chi connectivity index (χ4n) is 1.75. The Kier molecular flexibility index (Phi) is 3.67. The summed E-state index contributed by atoms with van der Waals surface area (Å²) in [6, 6.07) is 12.3. The number of phenolic OH excluding ortho intramolecular Hbond substituents is 1. The Morgan fingerprint density at radius 1 is 1.22 bits per heavy atom. The zero-order valence-corrected chi connectivity index (χ0v) is 10.9. The van der Waals surface area contributed by atoms with Gasteiger partial charge < -0.3 is 10.8 Å². The van der Waals surface area contributed by atoms with Gasteiger partial charge >= 0.3 is 0 Å². The van der Waals surface area contributed by atoms with Crippen molar-refractivity contribution in [2.45, 2.75) is 17.6 Å². The molecule has 3 N–H and O–H groups in total. The molecule has 0 saturated carbocycles. The van der Waals surface area contributed by atoms with Crippen molar-refractivity contribution in [2.75, 3.05) is 5.73 Å². The van der Waals surface area contributed by atoms with Crippen LogP contribution in [0.5, 0.6) is 5.75 Å². The third-order valence-electron chi connectivity index (χ3n) is 2.62. The van der Waals surface area contributed by atoms with Crippen LogP contribution in [0, 0.1) is 6.92 Å². The van der Waals surface area contributed by atoms with E-state index < -0.39 is 10.8 Å². The summed E-state index contributed by atoms with van der Waals surface area (Å²) < 4.78 is 12.2. The predicted octanol–water partition coefficient (Wildman–Crippen LogP) is 2.59. The van der Waals surface area contributed by atoms with Crippen molar-refractivity contribution < 1.29 is 9.32 Å². The van der Waals surface area contributed by atoms with E-state index in [0.29, 0.717) is 16.3 Å². The van der Waals surface area contributed by atoms with Crippen molar-refractivity contribution in [1.82, 2.24) is 0 Å². The van der Waals surface area contributed by atoms with E-state index in [1.165, 1.54) is 0 Å². The molecule has 4 heteroatoms. The van der Waals surface area contributed by atoms with Crippen LogP contribution in [0.15, 0.2) is 47.4 Å². The lowest BCUT2D eigenvalue weighted by Gasteiger charge is -2.07. The highest BCUT2D eigenvalue weighted by molar-refractivity contribution is 7.84. The first-order valence-corrected chi connectivity index (χ1v) is 6.90. The van der Waals surface area contributed by atoms with Crippen molar-refractivity contribution in [3.63, 3.8) is 0 Å². The molecule has 1 atom stereocenters. The van der Waals surface area contributed by atoms with E-state index in [-0.39, 0.29) is 5.75 Å². The molecule has 0 aliphatic carbocycles. The molecule has 0 aliphatic heterocycles. The fourth-order valence-corrected chi connectivity index (χ4v) is 2.93. The van der Waals surface area contributed by atoms with Crippen LogP contribution in [-0.4, -0.2) is 9.32 Å². The van der Waals surface area contributed by atoms with Crippen LogP contribution in [0.4, 0.5) is 5.69 Å². The van der Waals surface area contributed by atoms with E-state index in [9.17, 15) is 9.32 Å². The SMILES string of the molecule is Cc1ccc(S(=O)Cc2cccc(O)c2)c(N)c1. The number of phenols is 1. The molecule has 3 nitrogen and oxygen atoms in total. The second-order valence-electron chi connectivity index (χ2n) is 4.20. The third kappa shape index (κ3) is 2.90. The number of nitrogens with two attached hydrogens (primary N) is 1. The highest BCUT2D eigenvalue weighted by atomic mass is 32.2. The molecule has 0 fully saturated rings. The average Bonchev–Trinajstić information content (AvgIpc) is 2.28. The van der Waals surface area contributed by atoms with Crippen LogP contribution in [-0.2, 0) is 16.6 Å². The molecule has 0 saturated heterocycles. The minimum absolute atomic E-state index is 0.182. The number of benzene rings is 2. The fraction of sp³-hybridized carbons (Fsp3) is 0.143. The maximum Gasteiger partial charge on any atom is 0.115 e. The zero-order valence-electron chi connectivity index (χ0n) is 10.1. The van der Waals surface area contributed by atoms with Gasteiger partial charge in [-0.05, 0) is 42.3 Å². The topological polar surface area (TPSA) is 63.3 Å². The highest BCUT2D eigenvalue weighted by Gasteiger charge is 2.09. The molecule has 0 amide bonds. The summed E-state index contributed by atoms with van der Waals surface area (Å²) in [5.74, 6) is 0.531. The zero-order chi connectivity index (χ0) is 13.1. The first-order chi connectivity index (χ1) is 8.56. The van der Waals surface area contributed by atoms with Gasteiger partial charge in [0.1, 0.15) is 5.75 Å². The molecular formula is C14H15NO2S. The molecule has 0 spiro atoms. The van der Waals surface area contributed by atoms with E-state index in [0.717, 1.165) is 11.1 Å². The molecule has 94 valence electrons. The van der Waals surface area contributed by atoms with Crippen molar-refractivity contribution >= 4 is 16.5 Å². The van der Waals surface area contributed by atoms with E-state index in [2.05, 4.69) is 0 Å². The van der Waals surface area contributed by atoms with Crippen LogP contribution in [0.25, 0.3) is 0 Å². The molecule has 2 aromatic rings. The maximum atomic E-state index is 12.2. The number of hydrogen-bond donors (Lipinski definition) is 2. The summed E-state index contributed by atoms with van der Waals surface area (Å²) in [6.45, 7) is 1.94. The number of aryl methyl sites for hydroxylation is 1. The Morgan fingerprint density at radius 3 is 2.67 bits per heavy atom. The van der Waals surface area contributed by atoms with Crippen LogP contribution >= 0.6 is 0 Å². The molecule has 0 aliphatic rings. The molecule has 2 aromatic carbocycles. The first kappa shape index (κ1) is 12.6. The predicted molar refractivity (Wildman–Crippen MR) is 73.8 cm³/mol. The molecular weight excluding hydrogens is 246 g/mol. The molecule has 0 aromatic heterocycles. The second kappa shape index (κ2) is 5.23. The lowest BCUT2D eigenvalue weighted by atomic mass is 10.2. The lowest BCUT2D eigenvalue weighted by molar-refractivity contribution is 0.475. The van der Waals surface area contributed by atoms with Gasteiger partial charge in [-0.1, -0.05) is 18.2 Å². The highest BCUT2D eigenvalue weighted by Crippen LogP contribution is 2.21. The van der Waals surface area contributed by atoms with E-state index >= 15 is 0 Å². The molecule has 0 bridgehead atoms. The van der Waals surface area contributed by atoms with Gasteiger partial charge in [0.2, 0.25) is 0 Å². The summed E-state index contributed by atoms with van der Waals surface area (Å²) in [4.78, 5) is 0.643. The van der Waals surface area contributed by atoms with Gasteiger partial charge in [0, 0.05) is 5.69 Å². The van der Waals surface area contributed by atoms with Crippen molar-refractivity contribution in [1.29, 1.82) is 0 Å². The Labute approximate surface area is 109 Å². The van der Waals surface area contributed by atoms with Gasteiger partial charge in [0.15, 0.2) is 0 Å². The Morgan fingerprint density at radius 2 is 2.00 bits per heavy atom. The quantitative estimate of drug-likeness (QED) is 0.835. The summed E-state index contributed by atoms with van der Waals surface area (Å²) in [5, 5.41) is 9.36. The molecule has 2 rings (SSSR count). The molecule has 0 heterocycles. The Bertz CT molecular complexity index is 596. The smallest absolute Gasteiger partial charge is 0.115 e. The van der Waals surface area contributed by atoms with E-state index in [4.69, 9.17) is 5.73 Å². The van der Waals surface area contributed by atoms with Crippen LogP contribution in [0.2, 0.25) is 0 Å². The van der Waals surface area contributed by atoms with Crippen LogP contribution < -0.4 is 5.73 Å². The van der Waals surface area contributed by atoms with Gasteiger partial charge in [-0.2, -0.15) is 0 Å². The average molecular weight is 261 g/mol. The number of nitrogen functional groups attached to an aromatic ring is 1. The number of rotatable bonds is 3. The third-order valence-corrected chi connectivity index (χ3v) is 4.08. The summed E-state index contributed by atoms with van der Waals surface area (Å²) >= 11 is 0. The van der Waals surface area contributed by atoms with Gasteiger partial charge in [-0.15, -0.1) is 0 Å². The Balaban J connectivity index is 2.22. The summed E-state index contributed by atoms with van der Waals surface area (Å²) in [6.07, 6.45) is 0. The summed E-state index contributed by atoms with van der Waals surface area (Å²) in [7, 11) is -1.20. The largest absolute Gasteiger partial charge is 0.508 e. The minimum Gasteiger partial charge on any atom is -0.508 e. The Hall–Kier alpha value is -1.81. The summed E-state index contributed by atoms with van der Waals surface area (Å²) in [5.41, 5.74) is 8.29. The van der Waals surface area contributed by atoms with E-state index in [1.807, 2.05) is 25.1 Å².